The minimum absolute atomic E-state index is 0.295. The standard InChI is InChI=1S/C11H20N2/c1-11(2,3)10-13-9-7-5-4-6-8-12/h9H,4-7,10H2,1-3H3. The van der Waals surface area contributed by atoms with Gasteiger partial charge >= 0.3 is 0 Å². The van der Waals surface area contributed by atoms with Crippen LogP contribution in [0.25, 0.3) is 0 Å². The summed E-state index contributed by atoms with van der Waals surface area (Å²) in [6, 6.07) is 2.14. The molecule has 0 saturated heterocycles. The molecule has 0 aliphatic carbocycles. The van der Waals surface area contributed by atoms with Gasteiger partial charge in [-0.2, -0.15) is 5.26 Å². The molecule has 13 heavy (non-hydrogen) atoms. The minimum Gasteiger partial charge on any atom is -0.297 e. The second kappa shape index (κ2) is 6.65. The Morgan fingerprint density at radius 3 is 2.54 bits per heavy atom. The van der Waals surface area contributed by atoms with E-state index in [1.165, 1.54) is 0 Å². The molecule has 0 amide bonds. The van der Waals surface area contributed by atoms with Crippen molar-refractivity contribution in [3.05, 3.63) is 0 Å². The summed E-state index contributed by atoms with van der Waals surface area (Å²) >= 11 is 0. The van der Waals surface area contributed by atoms with Gasteiger partial charge < -0.3 is 0 Å². The zero-order valence-electron chi connectivity index (χ0n) is 9.01. The van der Waals surface area contributed by atoms with Gasteiger partial charge in [-0.15, -0.1) is 0 Å². The van der Waals surface area contributed by atoms with Crippen molar-refractivity contribution in [2.45, 2.75) is 46.5 Å². The summed E-state index contributed by atoms with van der Waals surface area (Å²) in [5.74, 6) is 0. The molecule has 0 aromatic carbocycles. The van der Waals surface area contributed by atoms with Crippen molar-refractivity contribution in [2.75, 3.05) is 6.54 Å². The summed E-state index contributed by atoms with van der Waals surface area (Å²) in [7, 11) is 0. The molecule has 2 nitrogen and oxygen atoms in total. The lowest BCUT2D eigenvalue weighted by Gasteiger charge is -2.13. The van der Waals surface area contributed by atoms with Crippen LogP contribution < -0.4 is 0 Å². The maximum absolute atomic E-state index is 8.29. The van der Waals surface area contributed by atoms with Gasteiger partial charge in [-0.1, -0.05) is 20.8 Å². The van der Waals surface area contributed by atoms with Crippen LogP contribution in [-0.4, -0.2) is 12.8 Å². The van der Waals surface area contributed by atoms with Crippen molar-refractivity contribution >= 4 is 6.21 Å². The third-order valence-corrected chi connectivity index (χ3v) is 1.57. The molecule has 0 aliphatic heterocycles. The molecule has 0 radical (unpaired) electrons. The van der Waals surface area contributed by atoms with Gasteiger partial charge in [0.25, 0.3) is 0 Å². The first-order chi connectivity index (χ1) is 6.06. The van der Waals surface area contributed by atoms with E-state index in [4.69, 9.17) is 5.26 Å². The molecule has 0 N–H and O–H groups in total. The first-order valence-corrected chi connectivity index (χ1v) is 4.91. The maximum Gasteiger partial charge on any atom is 0.0621 e. The zero-order chi connectivity index (χ0) is 10.2. The number of hydrogen-bond donors (Lipinski definition) is 0. The van der Waals surface area contributed by atoms with Gasteiger partial charge in [0.05, 0.1) is 6.07 Å². The Morgan fingerprint density at radius 1 is 1.31 bits per heavy atom. The van der Waals surface area contributed by atoms with E-state index in [1.54, 1.807) is 0 Å². The summed E-state index contributed by atoms with van der Waals surface area (Å²) < 4.78 is 0. The smallest absolute Gasteiger partial charge is 0.0621 e. The van der Waals surface area contributed by atoms with Crippen LogP contribution in [0.3, 0.4) is 0 Å². The molecule has 74 valence electrons. The molecule has 2 heteroatoms. The van der Waals surface area contributed by atoms with Crippen molar-refractivity contribution in [1.29, 1.82) is 5.26 Å². The fourth-order valence-electron chi connectivity index (χ4n) is 0.869. The first-order valence-electron chi connectivity index (χ1n) is 4.91. The number of hydrogen-bond acceptors (Lipinski definition) is 2. The molecule has 0 aromatic rings. The van der Waals surface area contributed by atoms with Gasteiger partial charge in [-0.05, 0) is 30.9 Å². The predicted octanol–water partition coefficient (Wildman–Crippen LogP) is 3.19. The number of nitriles is 1. The Bertz CT molecular complexity index is 181. The summed E-state index contributed by atoms with van der Waals surface area (Å²) in [6.07, 6.45) is 5.76. The second-order valence-electron chi connectivity index (χ2n) is 4.49. The molecule has 0 aliphatic rings. The zero-order valence-corrected chi connectivity index (χ0v) is 9.01. The Morgan fingerprint density at radius 2 is 2.00 bits per heavy atom. The monoisotopic (exact) mass is 180 g/mol. The average molecular weight is 180 g/mol. The van der Waals surface area contributed by atoms with E-state index in [2.05, 4.69) is 31.8 Å². The third kappa shape index (κ3) is 11.2. The van der Waals surface area contributed by atoms with Crippen molar-refractivity contribution in [1.82, 2.24) is 0 Å². The summed E-state index contributed by atoms with van der Waals surface area (Å²) in [6.45, 7) is 7.44. The van der Waals surface area contributed by atoms with Crippen molar-refractivity contribution in [3.8, 4) is 6.07 Å². The Balaban J connectivity index is 3.28. The van der Waals surface area contributed by atoms with E-state index in [0.29, 0.717) is 11.8 Å². The normalized spacial score (nSPS) is 11.8. The highest BCUT2D eigenvalue weighted by Gasteiger charge is 2.06. The van der Waals surface area contributed by atoms with Gasteiger partial charge in [0.1, 0.15) is 0 Å². The van der Waals surface area contributed by atoms with Crippen LogP contribution in [0.4, 0.5) is 0 Å². The summed E-state index contributed by atoms with van der Waals surface area (Å²) in [5.41, 5.74) is 0.295. The van der Waals surface area contributed by atoms with Gasteiger partial charge in [-0.3, -0.25) is 4.99 Å². The topological polar surface area (TPSA) is 36.1 Å². The average Bonchev–Trinajstić information content (AvgIpc) is 2.01. The van der Waals surface area contributed by atoms with Crippen molar-refractivity contribution < 1.29 is 0 Å². The Labute approximate surface area is 81.7 Å². The van der Waals surface area contributed by atoms with Crippen LogP contribution in [0.5, 0.6) is 0 Å². The molecule has 0 rings (SSSR count). The Kier molecular flexibility index (Phi) is 6.22. The molecule has 0 bridgehead atoms. The van der Waals surface area contributed by atoms with Crippen LogP contribution in [0.2, 0.25) is 0 Å². The van der Waals surface area contributed by atoms with Gasteiger partial charge in [-0.25, -0.2) is 0 Å². The van der Waals surface area contributed by atoms with Crippen LogP contribution in [0.15, 0.2) is 4.99 Å². The highest BCUT2D eigenvalue weighted by atomic mass is 14.7. The predicted molar refractivity (Wildman–Crippen MR) is 56.9 cm³/mol. The minimum atomic E-state index is 0.295. The van der Waals surface area contributed by atoms with Crippen molar-refractivity contribution in [2.24, 2.45) is 10.4 Å². The number of nitrogens with zero attached hydrogens (tertiary/aromatic N) is 2. The molecule has 0 unspecified atom stereocenters. The molecule has 0 fully saturated rings. The molecule has 0 spiro atoms. The van der Waals surface area contributed by atoms with E-state index in [9.17, 15) is 0 Å². The molecular weight excluding hydrogens is 160 g/mol. The van der Waals surface area contributed by atoms with E-state index in [-0.39, 0.29) is 0 Å². The second-order valence-corrected chi connectivity index (χ2v) is 4.49. The lowest BCUT2D eigenvalue weighted by Crippen LogP contribution is -2.09. The third-order valence-electron chi connectivity index (χ3n) is 1.57. The lowest BCUT2D eigenvalue weighted by molar-refractivity contribution is 0.430. The quantitative estimate of drug-likeness (QED) is 0.473. The number of rotatable bonds is 5. The fourth-order valence-corrected chi connectivity index (χ4v) is 0.869. The van der Waals surface area contributed by atoms with Gasteiger partial charge in [0, 0.05) is 13.0 Å². The molecule has 0 atom stereocenters. The van der Waals surface area contributed by atoms with Crippen molar-refractivity contribution in [3.63, 3.8) is 0 Å². The summed E-state index contributed by atoms with van der Waals surface area (Å²) in [4.78, 5) is 4.33. The van der Waals surface area contributed by atoms with E-state index >= 15 is 0 Å². The molecule has 0 saturated carbocycles. The van der Waals surface area contributed by atoms with E-state index < -0.39 is 0 Å². The highest BCUT2D eigenvalue weighted by molar-refractivity contribution is 5.56. The van der Waals surface area contributed by atoms with Crippen LogP contribution in [-0.2, 0) is 0 Å². The summed E-state index contributed by atoms with van der Waals surface area (Å²) in [5, 5.41) is 8.29. The molecule has 0 heterocycles. The number of aliphatic imine (C=N–C) groups is 1. The first kappa shape index (κ1) is 12.2. The number of unbranched alkanes of at least 4 members (excludes halogenated alkanes) is 3. The maximum atomic E-state index is 8.29. The van der Waals surface area contributed by atoms with E-state index in [0.717, 1.165) is 25.8 Å². The largest absolute Gasteiger partial charge is 0.297 e. The van der Waals surface area contributed by atoms with Crippen LogP contribution >= 0.6 is 0 Å². The highest BCUT2D eigenvalue weighted by Crippen LogP contribution is 2.12. The lowest BCUT2D eigenvalue weighted by atomic mass is 9.97. The fraction of sp³-hybridized carbons (Fsp3) is 0.818. The van der Waals surface area contributed by atoms with Gasteiger partial charge in [0.15, 0.2) is 0 Å². The molecule has 0 aromatic heterocycles. The van der Waals surface area contributed by atoms with Gasteiger partial charge in [0.2, 0.25) is 0 Å². The Hall–Kier alpha value is -0.840. The molecular formula is C11H20N2. The SMILES string of the molecule is CC(C)(C)CN=CCCCCC#N. The van der Waals surface area contributed by atoms with Crippen LogP contribution in [0, 0.1) is 16.7 Å². The van der Waals surface area contributed by atoms with E-state index in [1.807, 2.05) is 6.21 Å². The van der Waals surface area contributed by atoms with Crippen LogP contribution in [0.1, 0.15) is 46.5 Å².